The van der Waals surface area contributed by atoms with Crippen molar-refractivity contribution in [2.45, 2.75) is 25.1 Å². The molecule has 1 aromatic heterocycles. The zero-order chi connectivity index (χ0) is 19.4. The summed E-state index contributed by atoms with van der Waals surface area (Å²) in [5.74, 6) is 0. The van der Waals surface area contributed by atoms with Crippen LogP contribution in [0.2, 0.25) is 5.02 Å². The topological polar surface area (TPSA) is 67.4 Å². The summed E-state index contributed by atoms with van der Waals surface area (Å²) in [7, 11) is 0. The van der Waals surface area contributed by atoms with Crippen molar-refractivity contribution in [1.29, 1.82) is 0 Å². The Morgan fingerprint density at radius 2 is 1.89 bits per heavy atom. The Morgan fingerprint density at radius 3 is 2.52 bits per heavy atom. The van der Waals surface area contributed by atoms with Crippen LogP contribution in [0.4, 0.5) is 23.7 Å². The molecule has 1 atom stereocenters. The number of halogens is 4. The molecule has 0 bridgehead atoms. The number of amides is 2. The van der Waals surface area contributed by atoms with E-state index in [1.54, 1.807) is 4.90 Å². The zero-order valence-electron chi connectivity index (χ0n) is 14.0. The smallest absolute Gasteiger partial charge is 0.416 e. The molecule has 1 fully saturated rings. The van der Waals surface area contributed by atoms with Gasteiger partial charge in [0.2, 0.25) is 0 Å². The second kappa shape index (κ2) is 7.99. The van der Waals surface area contributed by atoms with Gasteiger partial charge in [0.1, 0.15) is 6.10 Å². The van der Waals surface area contributed by atoms with Crippen LogP contribution in [0, 0.1) is 0 Å². The molecule has 10 heteroatoms. The van der Waals surface area contributed by atoms with E-state index >= 15 is 0 Å². The van der Waals surface area contributed by atoms with Crippen molar-refractivity contribution >= 4 is 23.3 Å². The highest BCUT2D eigenvalue weighted by Crippen LogP contribution is 2.30. The standard InChI is InChI=1S/C17H16ClF3N4O2/c18-12-8-22-15(23-9-12)27-14-2-1-7-25(10-14)16(26)24-13-5-3-11(4-6-13)17(19,20)21/h3-6,8-9,14H,1-2,7,10H2,(H,24,26). The molecule has 144 valence electrons. The number of carbonyl (C=O) groups excluding carboxylic acids is 1. The molecule has 2 heterocycles. The molecule has 1 N–H and O–H groups in total. The van der Waals surface area contributed by atoms with Crippen molar-refractivity contribution in [2.75, 3.05) is 18.4 Å². The molecule has 0 radical (unpaired) electrons. The number of likely N-dealkylation sites (tertiary alicyclic amines) is 1. The number of carbonyl (C=O) groups is 1. The third-order valence-corrected chi connectivity index (χ3v) is 4.19. The third kappa shape index (κ3) is 5.22. The normalized spacial score (nSPS) is 17.5. The number of urea groups is 1. The van der Waals surface area contributed by atoms with E-state index < -0.39 is 17.8 Å². The lowest BCUT2D eigenvalue weighted by atomic mass is 10.1. The number of benzene rings is 1. The van der Waals surface area contributed by atoms with E-state index in [0.29, 0.717) is 18.1 Å². The maximum atomic E-state index is 12.6. The summed E-state index contributed by atoms with van der Waals surface area (Å²) in [4.78, 5) is 21.8. The number of piperidine rings is 1. The van der Waals surface area contributed by atoms with E-state index in [2.05, 4.69) is 15.3 Å². The summed E-state index contributed by atoms with van der Waals surface area (Å²) in [6.07, 6.45) is -0.402. The minimum absolute atomic E-state index is 0.175. The number of nitrogens with zero attached hydrogens (tertiary/aromatic N) is 3. The Bertz CT molecular complexity index is 784. The van der Waals surface area contributed by atoms with Crippen molar-refractivity contribution in [2.24, 2.45) is 0 Å². The van der Waals surface area contributed by atoms with E-state index in [0.717, 1.165) is 25.0 Å². The van der Waals surface area contributed by atoms with Crippen molar-refractivity contribution in [3.8, 4) is 6.01 Å². The Balaban J connectivity index is 1.57. The molecule has 1 aliphatic heterocycles. The molecule has 2 aromatic rings. The van der Waals surface area contributed by atoms with Gasteiger partial charge in [0.15, 0.2) is 0 Å². The van der Waals surface area contributed by atoms with Gasteiger partial charge in [0.25, 0.3) is 0 Å². The monoisotopic (exact) mass is 400 g/mol. The number of alkyl halides is 3. The first-order valence-electron chi connectivity index (χ1n) is 8.18. The number of hydrogen-bond donors (Lipinski definition) is 1. The van der Waals surface area contributed by atoms with Crippen LogP contribution in [0.1, 0.15) is 18.4 Å². The lowest BCUT2D eigenvalue weighted by Crippen LogP contribution is -2.46. The highest BCUT2D eigenvalue weighted by molar-refractivity contribution is 6.30. The quantitative estimate of drug-likeness (QED) is 0.837. The number of aromatic nitrogens is 2. The van der Waals surface area contributed by atoms with Crippen LogP contribution in [0.3, 0.4) is 0 Å². The van der Waals surface area contributed by atoms with Crippen LogP contribution in [-0.4, -0.2) is 40.1 Å². The molecule has 3 rings (SSSR count). The van der Waals surface area contributed by atoms with E-state index in [9.17, 15) is 18.0 Å². The van der Waals surface area contributed by atoms with Gasteiger partial charge in [-0.1, -0.05) is 11.6 Å². The van der Waals surface area contributed by atoms with Crippen molar-refractivity contribution in [1.82, 2.24) is 14.9 Å². The first kappa shape index (κ1) is 19.2. The first-order valence-corrected chi connectivity index (χ1v) is 8.56. The molecule has 2 amide bonds. The van der Waals surface area contributed by atoms with E-state index in [1.807, 2.05) is 0 Å². The van der Waals surface area contributed by atoms with Crippen molar-refractivity contribution in [3.05, 3.63) is 47.2 Å². The molecule has 1 aromatic carbocycles. The molecule has 6 nitrogen and oxygen atoms in total. The Kier molecular flexibility index (Phi) is 5.69. The summed E-state index contributed by atoms with van der Waals surface area (Å²) >= 11 is 5.73. The second-order valence-corrected chi connectivity index (χ2v) is 6.45. The molecule has 1 saturated heterocycles. The zero-order valence-corrected chi connectivity index (χ0v) is 14.8. The van der Waals surface area contributed by atoms with Crippen LogP contribution >= 0.6 is 11.6 Å². The van der Waals surface area contributed by atoms with E-state index in [-0.39, 0.29) is 17.8 Å². The fraction of sp³-hybridized carbons (Fsp3) is 0.353. The van der Waals surface area contributed by atoms with E-state index in [1.165, 1.54) is 24.5 Å². The van der Waals surface area contributed by atoms with Gasteiger partial charge in [0.05, 0.1) is 29.5 Å². The molecule has 1 aliphatic rings. The van der Waals surface area contributed by atoms with Crippen LogP contribution in [0.15, 0.2) is 36.7 Å². The summed E-state index contributed by atoms with van der Waals surface area (Å²) in [6.45, 7) is 0.840. The van der Waals surface area contributed by atoms with Crippen molar-refractivity contribution < 1.29 is 22.7 Å². The summed E-state index contributed by atoms with van der Waals surface area (Å²) in [5, 5.41) is 2.99. The minimum Gasteiger partial charge on any atom is -0.458 e. The van der Waals surface area contributed by atoms with Crippen LogP contribution in [-0.2, 0) is 6.18 Å². The van der Waals surface area contributed by atoms with Gasteiger partial charge in [0, 0.05) is 12.2 Å². The largest absolute Gasteiger partial charge is 0.458 e. The van der Waals surface area contributed by atoms with Gasteiger partial charge in [-0.15, -0.1) is 0 Å². The van der Waals surface area contributed by atoms with Gasteiger partial charge >= 0.3 is 18.2 Å². The van der Waals surface area contributed by atoms with Gasteiger partial charge < -0.3 is 15.0 Å². The Morgan fingerprint density at radius 1 is 1.22 bits per heavy atom. The summed E-state index contributed by atoms with van der Waals surface area (Å²) < 4.78 is 43.4. The van der Waals surface area contributed by atoms with Gasteiger partial charge in [-0.25, -0.2) is 14.8 Å². The van der Waals surface area contributed by atoms with Gasteiger partial charge in [-0.2, -0.15) is 13.2 Å². The maximum absolute atomic E-state index is 12.6. The van der Waals surface area contributed by atoms with Crippen LogP contribution in [0.25, 0.3) is 0 Å². The molecule has 0 saturated carbocycles. The molecular formula is C17H16ClF3N4O2. The number of ether oxygens (including phenoxy) is 1. The predicted octanol–water partition coefficient (Wildman–Crippen LogP) is 4.22. The molecule has 27 heavy (non-hydrogen) atoms. The Hall–Kier alpha value is -2.55. The number of hydrogen-bond acceptors (Lipinski definition) is 4. The number of nitrogens with one attached hydrogen (secondary N) is 1. The summed E-state index contributed by atoms with van der Waals surface area (Å²) in [5.41, 5.74) is -0.480. The molecule has 0 spiro atoms. The highest BCUT2D eigenvalue weighted by Gasteiger charge is 2.30. The predicted molar refractivity (Wildman–Crippen MR) is 92.7 cm³/mol. The third-order valence-electron chi connectivity index (χ3n) is 4.00. The fourth-order valence-electron chi connectivity index (χ4n) is 2.67. The lowest BCUT2D eigenvalue weighted by Gasteiger charge is -2.32. The first-order chi connectivity index (χ1) is 12.8. The molecule has 0 aliphatic carbocycles. The molecular weight excluding hydrogens is 385 g/mol. The highest BCUT2D eigenvalue weighted by atomic mass is 35.5. The summed E-state index contributed by atoms with van der Waals surface area (Å²) in [6, 6.07) is 4.07. The number of rotatable bonds is 3. The second-order valence-electron chi connectivity index (χ2n) is 6.02. The average Bonchev–Trinajstić information content (AvgIpc) is 2.63. The SMILES string of the molecule is O=C(Nc1ccc(C(F)(F)F)cc1)N1CCCC(Oc2ncc(Cl)cn2)C1. The maximum Gasteiger partial charge on any atom is 0.416 e. The van der Waals surface area contributed by atoms with Gasteiger partial charge in [-0.05, 0) is 37.1 Å². The fourth-order valence-corrected chi connectivity index (χ4v) is 2.77. The van der Waals surface area contributed by atoms with E-state index in [4.69, 9.17) is 16.3 Å². The Labute approximate surface area is 158 Å². The van der Waals surface area contributed by atoms with Crippen LogP contribution in [0.5, 0.6) is 6.01 Å². The number of anilines is 1. The van der Waals surface area contributed by atoms with Crippen molar-refractivity contribution in [3.63, 3.8) is 0 Å². The van der Waals surface area contributed by atoms with Gasteiger partial charge in [-0.3, -0.25) is 0 Å². The average molecular weight is 401 g/mol. The van der Waals surface area contributed by atoms with Crippen LogP contribution < -0.4 is 10.1 Å². The lowest BCUT2D eigenvalue weighted by molar-refractivity contribution is -0.137. The molecule has 1 unspecified atom stereocenters. The minimum atomic E-state index is -4.41.